The first-order chi connectivity index (χ1) is 19.1. The summed E-state index contributed by atoms with van der Waals surface area (Å²) in [5, 5.41) is 21.6. The third-order valence-corrected chi connectivity index (χ3v) is 12.6. The first-order valence-electron chi connectivity index (χ1n) is 15.8. The molecule has 1 spiro atoms. The summed E-state index contributed by atoms with van der Waals surface area (Å²) in [6.07, 6.45) is 11.4. The van der Waals surface area contributed by atoms with E-state index in [1.807, 2.05) is 12.1 Å². The Morgan fingerprint density at radius 2 is 1.93 bits per heavy atom. The number of fused-ring (bicyclic) bond motifs is 6. The van der Waals surface area contributed by atoms with Crippen LogP contribution in [0.2, 0.25) is 0 Å². The second kappa shape index (κ2) is 9.50. The molecule has 0 radical (unpaired) electrons. The molecule has 4 fully saturated rings. The topological polar surface area (TPSA) is 75.8 Å². The zero-order valence-corrected chi connectivity index (χ0v) is 24.6. The van der Waals surface area contributed by atoms with Crippen LogP contribution in [0.5, 0.6) is 0 Å². The van der Waals surface area contributed by atoms with Gasteiger partial charge in [0.1, 0.15) is 0 Å². The van der Waals surface area contributed by atoms with Gasteiger partial charge in [0.25, 0.3) is 5.69 Å². The predicted molar refractivity (Wildman–Crippen MR) is 156 cm³/mol. The highest BCUT2D eigenvalue weighted by Gasteiger charge is 2.61. The molecule has 2 saturated heterocycles. The van der Waals surface area contributed by atoms with Crippen LogP contribution in [0.1, 0.15) is 84.6 Å². The van der Waals surface area contributed by atoms with E-state index in [2.05, 4.69) is 38.7 Å². The average Bonchev–Trinajstić information content (AvgIpc) is 3.44. The number of ether oxygens (including phenoxy) is 1. The molecular formula is C34H46N2O4. The van der Waals surface area contributed by atoms with Gasteiger partial charge >= 0.3 is 0 Å². The van der Waals surface area contributed by atoms with Crippen LogP contribution < -0.4 is 0 Å². The SMILES string of the molecule is CC1=C2C[C@H]3[C@@H](CC=C4C[C@@H](O)CC[C@@]43C)[C@@H]2CC[C@]12O[C@@H]1C[C@H](C)CN(Cc3ccc([N+](=O)[O-])cc3)[C@H]1[C@H]2C. The molecule has 6 nitrogen and oxygen atoms in total. The molecule has 7 rings (SSSR count). The van der Waals surface area contributed by atoms with Crippen molar-refractivity contribution in [2.75, 3.05) is 6.54 Å². The van der Waals surface area contributed by atoms with E-state index in [0.717, 1.165) is 56.7 Å². The van der Waals surface area contributed by atoms with Crippen molar-refractivity contribution < 1.29 is 14.8 Å². The molecule has 216 valence electrons. The summed E-state index contributed by atoms with van der Waals surface area (Å²) in [5.41, 5.74) is 6.15. The van der Waals surface area contributed by atoms with E-state index in [0.29, 0.717) is 29.7 Å². The molecule has 2 heterocycles. The van der Waals surface area contributed by atoms with E-state index in [-0.39, 0.29) is 33.8 Å². The number of rotatable bonds is 3. The second-order valence-corrected chi connectivity index (χ2v) is 14.6. The van der Waals surface area contributed by atoms with Crippen molar-refractivity contribution in [3.8, 4) is 0 Å². The molecule has 2 aliphatic heterocycles. The highest BCUT2D eigenvalue weighted by Crippen LogP contribution is 2.65. The molecule has 1 N–H and O–H groups in total. The summed E-state index contributed by atoms with van der Waals surface area (Å²) in [6, 6.07) is 7.50. The monoisotopic (exact) mass is 546 g/mol. The zero-order chi connectivity index (χ0) is 28.0. The number of aliphatic hydroxyl groups excluding tert-OH is 1. The molecule has 0 aromatic heterocycles. The molecule has 0 bridgehead atoms. The molecule has 2 saturated carbocycles. The maximum absolute atomic E-state index is 11.2. The number of piperidine rings is 1. The molecule has 0 amide bonds. The fourth-order valence-corrected chi connectivity index (χ4v) is 10.6. The van der Waals surface area contributed by atoms with Crippen molar-refractivity contribution in [3.05, 3.63) is 62.7 Å². The van der Waals surface area contributed by atoms with Gasteiger partial charge in [0.2, 0.25) is 0 Å². The third-order valence-electron chi connectivity index (χ3n) is 12.6. The van der Waals surface area contributed by atoms with Crippen molar-refractivity contribution >= 4 is 5.69 Å². The maximum Gasteiger partial charge on any atom is 0.269 e. The molecule has 10 atom stereocenters. The molecule has 1 aromatic carbocycles. The van der Waals surface area contributed by atoms with Gasteiger partial charge in [-0.1, -0.05) is 50.1 Å². The highest BCUT2D eigenvalue weighted by molar-refractivity contribution is 5.39. The normalized spacial score (nSPS) is 44.6. The number of non-ortho nitro benzene ring substituents is 1. The van der Waals surface area contributed by atoms with Crippen LogP contribution in [0, 0.1) is 45.1 Å². The van der Waals surface area contributed by atoms with Gasteiger partial charge < -0.3 is 9.84 Å². The van der Waals surface area contributed by atoms with Crippen LogP contribution in [0.4, 0.5) is 5.69 Å². The van der Waals surface area contributed by atoms with Gasteiger partial charge in [0, 0.05) is 37.2 Å². The predicted octanol–water partition coefficient (Wildman–Crippen LogP) is 6.82. The van der Waals surface area contributed by atoms with Crippen molar-refractivity contribution in [2.45, 2.75) is 109 Å². The minimum absolute atomic E-state index is 0.155. The van der Waals surface area contributed by atoms with Crippen LogP contribution >= 0.6 is 0 Å². The third kappa shape index (κ3) is 3.92. The molecule has 6 heteroatoms. The van der Waals surface area contributed by atoms with Crippen LogP contribution in [-0.4, -0.2) is 45.3 Å². The minimum atomic E-state index is -0.319. The molecule has 6 aliphatic rings. The quantitative estimate of drug-likeness (QED) is 0.256. The first kappa shape index (κ1) is 26.9. The van der Waals surface area contributed by atoms with E-state index in [1.54, 1.807) is 23.3 Å². The van der Waals surface area contributed by atoms with E-state index in [9.17, 15) is 15.2 Å². The van der Waals surface area contributed by atoms with Crippen LogP contribution in [-0.2, 0) is 11.3 Å². The van der Waals surface area contributed by atoms with Crippen molar-refractivity contribution in [3.63, 3.8) is 0 Å². The highest BCUT2D eigenvalue weighted by atomic mass is 16.6. The Balaban J connectivity index is 1.17. The lowest BCUT2D eigenvalue weighted by Crippen LogP contribution is -2.51. The fraction of sp³-hybridized carbons (Fsp3) is 0.706. The summed E-state index contributed by atoms with van der Waals surface area (Å²) in [6.45, 7) is 11.6. The summed E-state index contributed by atoms with van der Waals surface area (Å²) >= 11 is 0. The first-order valence-corrected chi connectivity index (χ1v) is 15.8. The Hall–Kier alpha value is -2.02. The lowest BCUT2D eigenvalue weighted by molar-refractivity contribution is -0.384. The maximum atomic E-state index is 11.2. The number of nitrogens with zero attached hydrogens (tertiary/aromatic N) is 2. The van der Waals surface area contributed by atoms with Crippen LogP contribution in [0.15, 0.2) is 47.1 Å². The van der Waals surface area contributed by atoms with Gasteiger partial charge in [-0.2, -0.15) is 0 Å². The lowest BCUT2D eigenvalue weighted by atomic mass is 9.56. The molecule has 4 aliphatic carbocycles. The van der Waals surface area contributed by atoms with Crippen LogP contribution in [0.3, 0.4) is 0 Å². The standard InChI is InChI=1S/C34H46N2O4/c1-20-15-31-32(35(18-20)19-23-5-8-25(9-6-23)36(38)39)22(3)34(40-31)14-12-27-28-10-7-24-16-26(37)11-13-33(24,4)30(28)17-29(27)21(34)2/h5-9,20,22,26-28,30-32,37H,10-19H2,1-4H3/t20-,22+,26-,27-,28-,30-,31+,32-,33-,34-/m0/s1. The Bertz CT molecular complexity index is 1250. The smallest absolute Gasteiger partial charge is 0.269 e. The molecular weight excluding hydrogens is 500 g/mol. The van der Waals surface area contributed by atoms with E-state index in [4.69, 9.17) is 4.74 Å². The number of nitro benzene ring substituents is 1. The average molecular weight is 547 g/mol. The number of benzene rings is 1. The number of nitro groups is 1. The number of hydrogen-bond donors (Lipinski definition) is 1. The number of allylic oxidation sites excluding steroid dienone is 2. The van der Waals surface area contributed by atoms with Gasteiger partial charge in [-0.05, 0) is 98.5 Å². The van der Waals surface area contributed by atoms with Gasteiger partial charge in [-0.15, -0.1) is 0 Å². The van der Waals surface area contributed by atoms with E-state index >= 15 is 0 Å². The zero-order valence-electron chi connectivity index (χ0n) is 24.6. The molecule has 1 aromatic rings. The van der Waals surface area contributed by atoms with Gasteiger partial charge in [0.05, 0.1) is 22.7 Å². The number of likely N-dealkylation sites (tertiary alicyclic amines) is 1. The van der Waals surface area contributed by atoms with E-state index in [1.165, 1.54) is 24.8 Å². The fourth-order valence-electron chi connectivity index (χ4n) is 10.6. The van der Waals surface area contributed by atoms with Crippen LogP contribution in [0.25, 0.3) is 0 Å². The summed E-state index contributed by atoms with van der Waals surface area (Å²) in [7, 11) is 0. The summed E-state index contributed by atoms with van der Waals surface area (Å²) in [4.78, 5) is 13.5. The largest absolute Gasteiger partial charge is 0.393 e. The Labute approximate surface area is 239 Å². The van der Waals surface area contributed by atoms with Crippen molar-refractivity contribution in [1.29, 1.82) is 0 Å². The van der Waals surface area contributed by atoms with Crippen molar-refractivity contribution in [2.24, 2.45) is 35.0 Å². The second-order valence-electron chi connectivity index (χ2n) is 14.6. The van der Waals surface area contributed by atoms with Gasteiger partial charge in [-0.3, -0.25) is 15.0 Å². The van der Waals surface area contributed by atoms with E-state index < -0.39 is 0 Å². The lowest BCUT2D eigenvalue weighted by Gasteiger charge is -2.49. The molecule has 0 unspecified atom stereocenters. The minimum Gasteiger partial charge on any atom is -0.393 e. The Morgan fingerprint density at radius 3 is 2.67 bits per heavy atom. The summed E-state index contributed by atoms with van der Waals surface area (Å²) < 4.78 is 7.28. The Kier molecular flexibility index (Phi) is 6.38. The van der Waals surface area contributed by atoms with Gasteiger partial charge in [-0.25, -0.2) is 0 Å². The van der Waals surface area contributed by atoms with Gasteiger partial charge in [0.15, 0.2) is 0 Å². The van der Waals surface area contributed by atoms with Crippen molar-refractivity contribution in [1.82, 2.24) is 4.90 Å². The Morgan fingerprint density at radius 1 is 1.15 bits per heavy atom. The summed E-state index contributed by atoms with van der Waals surface area (Å²) in [5.74, 6) is 3.09. The number of aliphatic hydroxyl groups is 1. The number of hydrogen-bond acceptors (Lipinski definition) is 5. The molecule has 40 heavy (non-hydrogen) atoms.